The predicted octanol–water partition coefficient (Wildman–Crippen LogP) is 1.74. The zero-order chi connectivity index (χ0) is 28.5. The molecule has 0 fully saturated rings. The van der Waals surface area contributed by atoms with Crippen LogP contribution in [-0.2, 0) is 9.59 Å². The van der Waals surface area contributed by atoms with Crippen LogP contribution in [0.15, 0.2) is 65.1 Å². The van der Waals surface area contributed by atoms with Crippen molar-refractivity contribution in [1.29, 1.82) is 0 Å². The summed E-state index contributed by atoms with van der Waals surface area (Å²) in [4.78, 5) is 40.8. The Morgan fingerprint density at radius 2 is 1.77 bits per heavy atom. The van der Waals surface area contributed by atoms with Crippen molar-refractivity contribution < 1.29 is 39.9 Å². The fraction of sp³-hybridized carbons (Fsp3) is 0.250. The molecule has 39 heavy (non-hydrogen) atoms. The number of fused-ring (bicyclic) bond motifs is 3. The third kappa shape index (κ3) is 3.64. The second-order valence-corrected chi connectivity index (χ2v) is 10.5. The monoisotopic (exact) mass is 552 g/mol. The maximum Gasteiger partial charge on any atom is 0.255 e. The summed E-state index contributed by atoms with van der Waals surface area (Å²) in [6, 6.07) is 9.66. The number of aliphatic hydroxyl groups excluding tert-OH is 3. The number of benzene rings is 2. The van der Waals surface area contributed by atoms with E-state index in [4.69, 9.17) is 17.3 Å². The van der Waals surface area contributed by atoms with Gasteiger partial charge in [0.15, 0.2) is 11.4 Å². The number of primary amides is 1. The van der Waals surface area contributed by atoms with Gasteiger partial charge >= 0.3 is 0 Å². The summed E-state index contributed by atoms with van der Waals surface area (Å²) in [6.07, 6.45) is -0.138. The van der Waals surface area contributed by atoms with E-state index in [9.17, 15) is 39.9 Å². The van der Waals surface area contributed by atoms with Crippen molar-refractivity contribution in [3.63, 3.8) is 0 Å². The van der Waals surface area contributed by atoms with Gasteiger partial charge in [-0.3, -0.25) is 19.3 Å². The number of carbonyl (C=O) groups is 3. The van der Waals surface area contributed by atoms with E-state index in [1.54, 1.807) is 36.4 Å². The van der Waals surface area contributed by atoms with E-state index in [1.165, 1.54) is 31.1 Å². The Labute approximate surface area is 227 Å². The summed E-state index contributed by atoms with van der Waals surface area (Å²) in [5.41, 5.74) is 1.77. The van der Waals surface area contributed by atoms with Gasteiger partial charge in [-0.25, -0.2) is 0 Å². The number of phenols is 1. The smallest absolute Gasteiger partial charge is 0.255 e. The lowest BCUT2D eigenvalue weighted by Crippen LogP contribution is -2.68. The molecular weight excluding hydrogens is 528 g/mol. The van der Waals surface area contributed by atoms with Crippen molar-refractivity contribution >= 4 is 40.7 Å². The molecule has 7 N–H and O–H groups in total. The zero-order valence-electron chi connectivity index (χ0n) is 20.8. The highest BCUT2D eigenvalue weighted by molar-refractivity contribution is 6.30. The Hall–Kier alpha value is -3.96. The highest BCUT2D eigenvalue weighted by Gasteiger charge is 2.67. The molecule has 0 spiro atoms. The Morgan fingerprint density at radius 1 is 1.10 bits per heavy atom. The first-order chi connectivity index (χ1) is 18.3. The van der Waals surface area contributed by atoms with Gasteiger partial charge in [0.25, 0.3) is 5.91 Å². The fourth-order valence-corrected chi connectivity index (χ4v) is 6.29. The third-order valence-corrected chi connectivity index (χ3v) is 7.94. The second-order valence-electron chi connectivity index (χ2n) is 10.1. The number of ketones is 2. The van der Waals surface area contributed by atoms with Crippen LogP contribution in [0.25, 0.3) is 11.6 Å². The number of aliphatic hydroxyl groups is 4. The number of aromatic hydroxyl groups is 1. The van der Waals surface area contributed by atoms with Crippen LogP contribution in [0.1, 0.15) is 21.5 Å². The fourth-order valence-electron chi connectivity index (χ4n) is 6.09. The van der Waals surface area contributed by atoms with Crippen molar-refractivity contribution in [1.82, 2.24) is 4.90 Å². The number of halogens is 1. The van der Waals surface area contributed by atoms with E-state index in [-0.39, 0.29) is 16.7 Å². The van der Waals surface area contributed by atoms with Gasteiger partial charge in [-0.2, -0.15) is 0 Å². The van der Waals surface area contributed by atoms with Crippen LogP contribution in [-0.4, -0.2) is 79.7 Å². The first-order valence-electron chi connectivity index (χ1n) is 11.9. The molecule has 2 aromatic carbocycles. The Balaban J connectivity index is 1.87. The minimum absolute atomic E-state index is 0.209. The molecule has 11 heteroatoms. The maximum atomic E-state index is 13.8. The average Bonchev–Trinajstić information content (AvgIpc) is 2.85. The van der Waals surface area contributed by atoms with E-state index < -0.39 is 75.5 Å². The predicted molar refractivity (Wildman–Crippen MR) is 141 cm³/mol. The normalized spacial score (nSPS) is 29.4. The van der Waals surface area contributed by atoms with Crippen molar-refractivity contribution in [3.05, 3.63) is 86.8 Å². The van der Waals surface area contributed by atoms with Crippen LogP contribution in [0.5, 0.6) is 5.75 Å². The molecule has 0 unspecified atom stereocenters. The van der Waals surface area contributed by atoms with Crippen LogP contribution in [0.2, 0.25) is 5.02 Å². The first kappa shape index (κ1) is 26.6. The number of Topliss-reactive ketones (excluding diaryl/α,β-unsaturated/α-hetero) is 2. The van der Waals surface area contributed by atoms with Crippen LogP contribution < -0.4 is 5.73 Å². The van der Waals surface area contributed by atoms with Gasteiger partial charge < -0.3 is 31.3 Å². The molecule has 0 radical (unpaired) electrons. The molecule has 0 heterocycles. The molecule has 0 aliphatic heterocycles. The van der Waals surface area contributed by atoms with Crippen LogP contribution in [0, 0.1) is 11.8 Å². The topological polar surface area (TPSA) is 182 Å². The van der Waals surface area contributed by atoms with Crippen molar-refractivity contribution in [2.75, 3.05) is 14.1 Å². The Kier molecular flexibility index (Phi) is 6.19. The number of amides is 1. The first-order valence-corrected chi connectivity index (χ1v) is 12.3. The summed E-state index contributed by atoms with van der Waals surface area (Å²) in [6.45, 7) is 0. The van der Waals surface area contributed by atoms with E-state index in [0.29, 0.717) is 10.6 Å². The van der Waals surface area contributed by atoms with E-state index in [0.717, 1.165) is 0 Å². The van der Waals surface area contributed by atoms with Crippen molar-refractivity contribution in [3.8, 4) is 5.75 Å². The van der Waals surface area contributed by atoms with Crippen molar-refractivity contribution in [2.45, 2.75) is 17.7 Å². The minimum atomic E-state index is -2.99. The second kappa shape index (κ2) is 9.06. The van der Waals surface area contributed by atoms with Crippen LogP contribution >= 0.6 is 11.6 Å². The van der Waals surface area contributed by atoms with Gasteiger partial charge in [-0.05, 0) is 49.0 Å². The molecule has 2 aromatic rings. The molecule has 3 aliphatic carbocycles. The minimum Gasteiger partial charge on any atom is -0.510 e. The number of hydrogen-bond acceptors (Lipinski definition) is 9. The summed E-state index contributed by atoms with van der Waals surface area (Å²) in [7, 11) is 2.95. The molecular formula is C28H25ClN2O8. The average molecular weight is 553 g/mol. The molecule has 202 valence electrons. The largest absolute Gasteiger partial charge is 0.510 e. The number of phenolic OH excluding ortho intramolecular Hbond substituents is 1. The number of rotatable bonds is 3. The maximum absolute atomic E-state index is 13.8. The summed E-state index contributed by atoms with van der Waals surface area (Å²) in [5.74, 6) is -8.97. The van der Waals surface area contributed by atoms with Gasteiger partial charge in [0.2, 0.25) is 5.78 Å². The van der Waals surface area contributed by atoms with Gasteiger partial charge in [0, 0.05) is 10.9 Å². The van der Waals surface area contributed by atoms with Crippen LogP contribution in [0.3, 0.4) is 0 Å². The van der Waals surface area contributed by atoms with Gasteiger partial charge in [0.1, 0.15) is 22.8 Å². The highest BCUT2D eigenvalue weighted by Crippen LogP contribution is 2.55. The van der Waals surface area contributed by atoms with Crippen LogP contribution in [0.4, 0.5) is 0 Å². The Bertz CT molecular complexity index is 1560. The molecule has 0 bridgehead atoms. The number of likely N-dealkylation sites (N-methyl/N-ethyl adjacent to an activating group) is 1. The Morgan fingerprint density at radius 3 is 2.38 bits per heavy atom. The molecule has 3 aliphatic rings. The highest BCUT2D eigenvalue weighted by atomic mass is 35.5. The quantitative estimate of drug-likeness (QED) is 0.309. The standard InChI is InChI=1S/C28H25ClN2O8/c1-31(2)21-20-23(34)17-14(10-11-5-3-6-12(29)9-11)13-7-4-8-15(32)16(13)22(33)18(17)25(36)28(20,39)26(37)19(24(21)35)27(30)38/h3-10,17,20-21,23,32,34-36,39H,1-2H3,(H2,30,38)/b14-10+/t17-,20-,21+,23+,28-/m0/s1. The summed E-state index contributed by atoms with van der Waals surface area (Å²) < 4.78 is 0. The number of carbonyl (C=O) groups excluding carboxylic acids is 3. The SMILES string of the molecule is CN(C)[C@H]1C(O)=C(C(N)=O)C(=O)[C@@]2(O)C(O)=C3C(=O)c4c(O)cccc4/C(=C\c4cccc(Cl)c4)[C@@H]3[C@@H](O)[C@H]12. The molecule has 0 saturated heterocycles. The lowest BCUT2D eigenvalue weighted by Gasteiger charge is -2.52. The third-order valence-electron chi connectivity index (χ3n) is 7.70. The number of nitrogens with two attached hydrogens (primary N) is 1. The molecule has 5 rings (SSSR count). The zero-order valence-corrected chi connectivity index (χ0v) is 21.5. The number of hydrogen-bond donors (Lipinski definition) is 6. The number of nitrogens with zero attached hydrogens (tertiary/aromatic N) is 1. The lowest BCUT2D eigenvalue weighted by molar-refractivity contribution is -0.159. The van der Waals surface area contributed by atoms with Gasteiger partial charge in [-0.1, -0.05) is 41.9 Å². The van der Waals surface area contributed by atoms with Crippen molar-refractivity contribution in [2.24, 2.45) is 17.6 Å². The van der Waals surface area contributed by atoms with Gasteiger partial charge in [-0.15, -0.1) is 0 Å². The van der Waals surface area contributed by atoms with Gasteiger partial charge in [0.05, 0.1) is 29.2 Å². The lowest BCUT2D eigenvalue weighted by atomic mass is 9.56. The summed E-state index contributed by atoms with van der Waals surface area (Å²) >= 11 is 6.17. The van der Waals surface area contributed by atoms with E-state index in [1.807, 2.05) is 0 Å². The summed E-state index contributed by atoms with van der Waals surface area (Å²) in [5, 5.41) is 57.2. The van der Waals surface area contributed by atoms with E-state index in [2.05, 4.69) is 0 Å². The molecule has 10 nitrogen and oxygen atoms in total. The van der Waals surface area contributed by atoms with E-state index >= 15 is 0 Å². The molecule has 0 aromatic heterocycles. The molecule has 5 atom stereocenters. The molecule has 1 amide bonds. The molecule has 0 saturated carbocycles.